The standard InChI is InChI=1S/C13H19ClN2O/c1-3-4-8-16(9-6-14)13(17)12-5-7-15-11(2)10-12/h5,7,10H,3-4,6,8-9H2,1-2H3. The van der Waals surface area contributed by atoms with E-state index in [9.17, 15) is 4.79 Å². The Hall–Kier alpha value is -1.09. The van der Waals surface area contributed by atoms with E-state index in [4.69, 9.17) is 11.6 Å². The number of nitrogens with zero attached hydrogens (tertiary/aromatic N) is 2. The summed E-state index contributed by atoms with van der Waals surface area (Å²) >= 11 is 5.73. The summed E-state index contributed by atoms with van der Waals surface area (Å²) in [6, 6.07) is 3.57. The monoisotopic (exact) mass is 254 g/mol. The largest absolute Gasteiger partial charge is 0.337 e. The minimum atomic E-state index is 0.0459. The molecular formula is C13H19ClN2O. The van der Waals surface area contributed by atoms with Crippen LogP contribution in [0.5, 0.6) is 0 Å². The maximum absolute atomic E-state index is 12.2. The van der Waals surface area contributed by atoms with E-state index in [0.717, 1.165) is 25.1 Å². The van der Waals surface area contributed by atoms with E-state index in [2.05, 4.69) is 11.9 Å². The van der Waals surface area contributed by atoms with Gasteiger partial charge in [0.05, 0.1) is 0 Å². The molecule has 1 rings (SSSR count). The molecule has 0 bridgehead atoms. The number of hydrogen-bond acceptors (Lipinski definition) is 2. The van der Waals surface area contributed by atoms with Gasteiger partial charge in [0.25, 0.3) is 5.91 Å². The van der Waals surface area contributed by atoms with Crippen LogP contribution in [0.4, 0.5) is 0 Å². The molecule has 1 aromatic rings. The number of alkyl halides is 1. The average molecular weight is 255 g/mol. The van der Waals surface area contributed by atoms with Crippen molar-refractivity contribution in [3.05, 3.63) is 29.6 Å². The molecule has 0 saturated heterocycles. The molecule has 0 fully saturated rings. The molecule has 0 aromatic carbocycles. The number of unbranched alkanes of at least 4 members (excludes halogenated alkanes) is 1. The second-order valence-electron chi connectivity index (χ2n) is 4.02. The smallest absolute Gasteiger partial charge is 0.254 e. The van der Waals surface area contributed by atoms with Gasteiger partial charge in [0, 0.05) is 36.4 Å². The van der Waals surface area contributed by atoms with Crippen molar-refractivity contribution in [3.8, 4) is 0 Å². The fourth-order valence-electron chi connectivity index (χ4n) is 1.63. The van der Waals surface area contributed by atoms with Gasteiger partial charge in [-0.25, -0.2) is 0 Å². The lowest BCUT2D eigenvalue weighted by molar-refractivity contribution is 0.0763. The average Bonchev–Trinajstić information content (AvgIpc) is 2.33. The van der Waals surface area contributed by atoms with Crippen LogP contribution in [0, 0.1) is 6.92 Å². The third-order valence-electron chi connectivity index (χ3n) is 2.57. The molecule has 17 heavy (non-hydrogen) atoms. The van der Waals surface area contributed by atoms with E-state index in [-0.39, 0.29) is 5.91 Å². The Morgan fingerprint density at radius 1 is 1.47 bits per heavy atom. The molecule has 0 spiro atoms. The molecule has 1 heterocycles. The molecule has 4 heteroatoms. The van der Waals surface area contributed by atoms with E-state index < -0.39 is 0 Å². The van der Waals surface area contributed by atoms with E-state index in [1.807, 2.05) is 17.9 Å². The maximum atomic E-state index is 12.2. The van der Waals surface area contributed by atoms with Gasteiger partial charge >= 0.3 is 0 Å². The van der Waals surface area contributed by atoms with Crippen molar-refractivity contribution in [1.29, 1.82) is 0 Å². The quantitative estimate of drug-likeness (QED) is 0.732. The van der Waals surface area contributed by atoms with Crippen LogP contribution >= 0.6 is 11.6 Å². The Labute approximate surface area is 108 Å². The normalized spacial score (nSPS) is 10.3. The Morgan fingerprint density at radius 3 is 2.82 bits per heavy atom. The lowest BCUT2D eigenvalue weighted by Gasteiger charge is -2.21. The van der Waals surface area contributed by atoms with Gasteiger partial charge in [-0.05, 0) is 25.5 Å². The first-order valence-corrected chi connectivity index (χ1v) is 6.50. The molecular weight excluding hydrogens is 236 g/mol. The van der Waals surface area contributed by atoms with E-state index >= 15 is 0 Å². The number of hydrogen-bond donors (Lipinski definition) is 0. The first kappa shape index (κ1) is 14.0. The Kier molecular flexibility index (Phi) is 5.98. The van der Waals surface area contributed by atoms with Crippen LogP contribution in [0.3, 0.4) is 0 Å². The van der Waals surface area contributed by atoms with Crippen LogP contribution in [-0.2, 0) is 0 Å². The third-order valence-corrected chi connectivity index (χ3v) is 2.74. The lowest BCUT2D eigenvalue weighted by atomic mass is 10.2. The molecule has 3 nitrogen and oxygen atoms in total. The van der Waals surface area contributed by atoms with Crippen molar-refractivity contribution in [3.63, 3.8) is 0 Å². The van der Waals surface area contributed by atoms with Gasteiger partial charge in [0.15, 0.2) is 0 Å². The van der Waals surface area contributed by atoms with E-state index in [1.54, 1.807) is 12.3 Å². The van der Waals surface area contributed by atoms with Crippen molar-refractivity contribution in [1.82, 2.24) is 9.88 Å². The van der Waals surface area contributed by atoms with E-state index in [0.29, 0.717) is 18.0 Å². The number of rotatable bonds is 6. The topological polar surface area (TPSA) is 33.2 Å². The van der Waals surface area contributed by atoms with Crippen LogP contribution in [-0.4, -0.2) is 34.8 Å². The molecule has 0 aliphatic carbocycles. The second-order valence-corrected chi connectivity index (χ2v) is 4.40. The highest BCUT2D eigenvalue weighted by Crippen LogP contribution is 2.07. The first-order chi connectivity index (χ1) is 8.19. The highest BCUT2D eigenvalue weighted by atomic mass is 35.5. The summed E-state index contributed by atoms with van der Waals surface area (Å²) in [4.78, 5) is 18.1. The molecule has 94 valence electrons. The number of halogens is 1. The molecule has 0 unspecified atom stereocenters. The number of aromatic nitrogens is 1. The highest BCUT2D eigenvalue weighted by Gasteiger charge is 2.14. The summed E-state index contributed by atoms with van der Waals surface area (Å²) in [6.07, 6.45) is 3.75. The zero-order valence-corrected chi connectivity index (χ0v) is 11.2. The molecule has 1 amide bonds. The van der Waals surface area contributed by atoms with Gasteiger partial charge < -0.3 is 4.90 Å². The predicted octanol–water partition coefficient (Wildman–Crippen LogP) is 2.87. The minimum absolute atomic E-state index is 0.0459. The molecule has 0 radical (unpaired) electrons. The van der Waals surface area contributed by atoms with Gasteiger partial charge in [0.2, 0.25) is 0 Å². The summed E-state index contributed by atoms with van der Waals surface area (Å²) in [5.41, 5.74) is 1.55. The van der Waals surface area contributed by atoms with Crippen LogP contribution < -0.4 is 0 Å². The number of carbonyl (C=O) groups is 1. The molecule has 0 aliphatic heterocycles. The van der Waals surface area contributed by atoms with E-state index in [1.165, 1.54) is 0 Å². The highest BCUT2D eigenvalue weighted by molar-refractivity contribution is 6.18. The number of aryl methyl sites for hydroxylation is 1. The minimum Gasteiger partial charge on any atom is -0.337 e. The molecule has 1 aromatic heterocycles. The first-order valence-electron chi connectivity index (χ1n) is 5.97. The summed E-state index contributed by atoms with van der Waals surface area (Å²) in [5.74, 6) is 0.518. The molecule has 0 saturated carbocycles. The second kappa shape index (κ2) is 7.28. The summed E-state index contributed by atoms with van der Waals surface area (Å²) in [7, 11) is 0. The fourth-order valence-corrected chi connectivity index (χ4v) is 1.83. The van der Waals surface area contributed by atoms with Gasteiger partial charge in [-0.2, -0.15) is 0 Å². The van der Waals surface area contributed by atoms with Crippen LogP contribution in [0.15, 0.2) is 18.3 Å². The summed E-state index contributed by atoms with van der Waals surface area (Å²) < 4.78 is 0. The van der Waals surface area contributed by atoms with Crippen LogP contribution in [0.2, 0.25) is 0 Å². The Morgan fingerprint density at radius 2 is 2.24 bits per heavy atom. The molecule has 0 N–H and O–H groups in total. The fraction of sp³-hybridized carbons (Fsp3) is 0.538. The van der Waals surface area contributed by atoms with Crippen molar-refractivity contribution in [2.45, 2.75) is 26.7 Å². The summed E-state index contributed by atoms with van der Waals surface area (Å²) in [5, 5.41) is 0. The van der Waals surface area contributed by atoms with Gasteiger partial charge in [-0.3, -0.25) is 9.78 Å². The third kappa shape index (κ3) is 4.35. The zero-order chi connectivity index (χ0) is 12.7. The van der Waals surface area contributed by atoms with Crippen molar-refractivity contribution in [2.75, 3.05) is 19.0 Å². The zero-order valence-electron chi connectivity index (χ0n) is 10.4. The van der Waals surface area contributed by atoms with Gasteiger partial charge in [0.1, 0.15) is 0 Å². The predicted molar refractivity (Wildman–Crippen MR) is 70.5 cm³/mol. The van der Waals surface area contributed by atoms with Crippen LogP contribution in [0.1, 0.15) is 35.8 Å². The lowest BCUT2D eigenvalue weighted by Crippen LogP contribution is -2.33. The number of amides is 1. The number of carbonyl (C=O) groups excluding carboxylic acids is 1. The van der Waals surface area contributed by atoms with Crippen LogP contribution in [0.25, 0.3) is 0 Å². The van der Waals surface area contributed by atoms with Crippen molar-refractivity contribution >= 4 is 17.5 Å². The SMILES string of the molecule is CCCCN(CCCl)C(=O)c1ccnc(C)c1. The van der Waals surface area contributed by atoms with Crippen molar-refractivity contribution in [2.24, 2.45) is 0 Å². The Bertz CT molecular complexity index is 368. The van der Waals surface area contributed by atoms with Gasteiger partial charge in [-0.1, -0.05) is 13.3 Å². The Balaban J connectivity index is 2.76. The number of pyridine rings is 1. The van der Waals surface area contributed by atoms with Gasteiger partial charge in [-0.15, -0.1) is 11.6 Å². The molecule has 0 atom stereocenters. The summed E-state index contributed by atoms with van der Waals surface area (Å²) in [6.45, 7) is 5.36. The van der Waals surface area contributed by atoms with Crippen molar-refractivity contribution < 1.29 is 4.79 Å². The maximum Gasteiger partial charge on any atom is 0.254 e. The molecule has 0 aliphatic rings.